The van der Waals surface area contributed by atoms with Crippen molar-refractivity contribution in [2.24, 2.45) is 0 Å². The Balaban J connectivity index is 2.19. The summed E-state index contributed by atoms with van der Waals surface area (Å²) in [6.07, 6.45) is 3.43. The first kappa shape index (κ1) is 12.6. The van der Waals surface area contributed by atoms with E-state index in [1.165, 1.54) is 0 Å². The molecule has 0 saturated heterocycles. The maximum atomic E-state index is 13.9. The molecule has 100 valence electrons. The highest BCUT2D eigenvalue weighted by Crippen LogP contribution is 2.34. The molecule has 5 heteroatoms. The van der Waals surface area contributed by atoms with Crippen LogP contribution in [0.2, 0.25) is 5.02 Å². The van der Waals surface area contributed by atoms with E-state index in [4.69, 9.17) is 11.6 Å². The molecule has 1 aliphatic rings. The third-order valence-electron chi connectivity index (χ3n) is 3.50. The molecule has 2 nitrogen and oxygen atoms in total. The lowest BCUT2D eigenvalue weighted by molar-refractivity contribution is 0.156. The van der Waals surface area contributed by atoms with Crippen LogP contribution in [0.5, 0.6) is 0 Å². The molecule has 1 atom stereocenters. The molecule has 0 spiro atoms. The molecule has 0 saturated carbocycles. The van der Waals surface area contributed by atoms with Crippen LogP contribution in [0.1, 0.15) is 30.2 Å². The predicted molar refractivity (Wildman–Crippen MR) is 68.6 cm³/mol. The zero-order valence-corrected chi connectivity index (χ0v) is 10.8. The smallest absolute Gasteiger partial charge is 0.151 e. The Bertz CT molecular complexity index is 615. The number of aromatic nitrogens is 1. The monoisotopic (exact) mass is 283 g/mol. The highest BCUT2D eigenvalue weighted by Gasteiger charge is 2.23. The lowest BCUT2D eigenvalue weighted by Crippen LogP contribution is -2.12. The molecule has 0 bridgehead atoms. The highest BCUT2D eigenvalue weighted by molar-refractivity contribution is 6.32. The van der Waals surface area contributed by atoms with Gasteiger partial charge in [0.15, 0.2) is 5.82 Å². The third kappa shape index (κ3) is 2.05. The molecule has 3 rings (SSSR count). The Labute approximate surface area is 114 Å². The number of benzene rings is 1. The number of nitrogens with zero attached hydrogens (tertiary/aromatic N) is 1. The van der Waals surface area contributed by atoms with Crippen LogP contribution in [-0.4, -0.2) is 9.67 Å². The Morgan fingerprint density at radius 2 is 2.11 bits per heavy atom. The molecule has 0 amide bonds. The van der Waals surface area contributed by atoms with Gasteiger partial charge in [0.2, 0.25) is 0 Å². The lowest BCUT2D eigenvalue weighted by atomic mass is 9.95. The summed E-state index contributed by atoms with van der Waals surface area (Å²) in [6.45, 7) is 0. The van der Waals surface area contributed by atoms with Crippen LogP contribution in [0.3, 0.4) is 0 Å². The fourth-order valence-corrected chi connectivity index (χ4v) is 2.93. The minimum atomic E-state index is -0.705. The zero-order valence-electron chi connectivity index (χ0n) is 10.0. The second-order valence-electron chi connectivity index (χ2n) is 4.71. The van der Waals surface area contributed by atoms with Gasteiger partial charge in [-0.3, -0.25) is 0 Å². The second-order valence-corrected chi connectivity index (χ2v) is 5.12. The van der Waals surface area contributed by atoms with Crippen LogP contribution in [0, 0.1) is 11.6 Å². The first-order valence-electron chi connectivity index (χ1n) is 6.11. The zero-order chi connectivity index (χ0) is 13.6. The Morgan fingerprint density at radius 3 is 2.84 bits per heavy atom. The summed E-state index contributed by atoms with van der Waals surface area (Å²) in [5, 5.41) is 9.93. The highest BCUT2D eigenvalue weighted by atomic mass is 35.5. The van der Waals surface area contributed by atoms with Gasteiger partial charge >= 0.3 is 0 Å². The molecule has 0 radical (unpaired) electrons. The largest absolute Gasteiger partial charge is 0.388 e. The van der Waals surface area contributed by atoms with Crippen molar-refractivity contribution in [2.45, 2.75) is 25.4 Å². The third-order valence-corrected chi connectivity index (χ3v) is 3.79. The van der Waals surface area contributed by atoms with E-state index in [0.29, 0.717) is 6.42 Å². The van der Waals surface area contributed by atoms with Gasteiger partial charge in [0.05, 0.1) is 11.1 Å². The number of rotatable bonds is 1. The quantitative estimate of drug-likeness (QED) is 0.846. The lowest BCUT2D eigenvalue weighted by Gasteiger charge is -2.20. The van der Waals surface area contributed by atoms with E-state index in [1.54, 1.807) is 16.8 Å². The van der Waals surface area contributed by atoms with Crippen LogP contribution < -0.4 is 0 Å². The number of hydrogen-bond acceptors (Lipinski definition) is 1. The molecule has 1 unspecified atom stereocenters. The first-order valence-corrected chi connectivity index (χ1v) is 6.49. The van der Waals surface area contributed by atoms with Gasteiger partial charge < -0.3 is 9.67 Å². The predicted octanol–water partition coefficient (Wildman–Crippen LogP) is 3.78. The van der Waals surface area contributed by atoms with Crippen molar-refractivity contribution < 1.29 is 13.9 Å². The topological polar surface area (TPSA) is 25.2 Å². The maximum Gasteiger partial charge on any atom is 0.151 e. The number of hydrogen-bond donors (Lipinski definition) is 1. The fraction of sp³-hybridized carbons (Fsp3) is 0.286. The van der Waals surface area contributed by atoms with Gasteiger partial charge in [-0.25, -0.2) is 8.78 Å². The van der Waals surface area contributed by atoms with E-state index in [0.717, 1.165) is 36.2 Å². The van der Waals surface area contributed by atoms with Crippen molar-refractivity contribution in [1.82, 2.24) is 4.57 Å². The van der Waals surface area contributed by atoms with Crippen LogP contribution in [0.25, 0.3) is 5.69 Å². The van der Waals surface area contributed by atoms with E-state index in [9.17, 15) is 13.9 Å². The van der Waals surface area contributed by atoms with Gasteiger partial charge in [-0.15, -0.1) is 0 Å². The molecule has 1 aromatic carbocycles. The summed E-state index contributed by atoms with van der Waals surface area (Å²) in [5.41, 5.74) is 1.77. The molecule has 2 aromatic rings. The molecule has 1 aliphatic carbocycles. The van der Waals surface area contributed by atoms with Gasteiger partial charge in [0.25, 0.3) is 0 Å². The van der Waals surface area contributed by atoms with E-state index < -0.39 is 17.7 Å². The molecule has 0 aliphatic heterocycles. The summed E-state index contributed by atoms with van der Waals surface area (Å²) in [5.74, 6) is -1.41. The molecule has 0 fully saturated rings. The molecule has 1 N–H and O–H groups in total. The van der Waals surface area contributed by atoms with Gasteiger partial charge in [-0.1, -0.05) is 11.6 Å². The minimum Gasteiger partial charge on any atom is -0.388 e. The molecule has 1 aromatic heterocycles. The number of aliphatic hydroxyl groups is 1. The number of halogens is 3. The summed E-state index contributed by atoms with van der Waals surface area (Å²) in [4.78, 5) is 0. The molecular weight excluding hydrogens is 272 g/mol. The van der Waals surface area contributed by atoms with Crippen LogP contribution in [-0.2, 0) is 6.42 Å². The minimum absolute atomic E-state index is 0.0240. The van der Waals surface area contributed by atoms with Crippen molar-refractivity contribution in [1.29, 1.82) is 0 Å². The average molecular weight is 284 g/mol. The number of fused-ring (bicyclic) bond motifs is 1. The van der Waals surface area contributed by atoms with Gasteiger partial charge in [0.1, 0.15) is 11.5 Å². The molecular formula is C14H12ClF2NO. The van der Waals surface area contributed by atoms with Crippen LogP contribution in [0.15, 0.2) is 24.4 Å². The van der Waals surface area contributed by atoms with Crippen molar-refractivity contribution in [3.8, 4) is 5.69 Å². The first-order chi connectivity index (χ1) is 9.08. The van der Waals surface area contributed by atoms with E-state index in [2.05, 4.69) is 0 Å². The van der Waals surface area contributed by atoms with Gasteiger partial charge in [-0.2, -0.15) is 0 Å². The fourth-order valence-electron chi connectivity index (χ4n) is 2.64. The average Bonchev–Trinajstić information content (AvgIpc) is 2.73. The van der Waals surface area contributed by atoms with Crippen molar-refractivity contribution in [2.75, 3.05) is 0 Å². The summed E-state index contributed by atoms with van der Waals surface area (Å²) in [6, 6.07) is 3.66. The maximum absolute atomic E-state index is 13.9. The Morgan fingerprint density at radius 1 is 1.32 bits per heavy atom. The number of aliphatic hydroxyl groups excluding tert-OH is 1. The second kappa shape index (κ2) is 4.62. The van der Waals surface area contributed by atoms with Gasteiger partial charge in [0, 0.05) is 23.5 Å². The SMILES string of the molecule is OC1CCCc2c1ccn2-c1c(F)cc(F)cc1Cl. The summed E-state index contributed by atoms with van der Waals surface area (Å²) in [7, 11) is 0. The van der Waals surface area contributed by atoms with Gasteiger partial charge in [-0.05, 0) is 31.4 Å². The normalized spacial score (nSPS) is 18.4. The van der Waals surface area contributed by atoms with Crippen molar-refractivity contribution in [3.63, 3.8) is 0 Å². The van der Waals surface area contributed by atoms with E-state index >= 15 is 0 Å². The van der Waals surface area contributed by atoms with E-state index in [1.807, 2.05) is 0 Å². The molecule has 19 heavy (non-hydrogen) atoms. The summed E-state index contributed by atoms with van der Waals surface area (Å²) < 4.78 is 28.6. The summed E-state index contributed by atoms with van der Waals surface area (Å²) >= 11 is 5.94. The van der Waals surface area contributed by atoms with Crippen LogP contribution >= 0.6 is 11.6 Å². The van der Waals surface area contributed by atoms with Crippen molar-refractivity contribution in [3.05, 3.63) is 52.3 Å². The Hall–Kier alpha value is -1.39. The van der Waals surface area contributed by atoms with Crippen LogP contribution in [0.4, 0.5) is 8.78 Å². The van der Waals surface area contributed by atoms with E-state index in [-0.39, 0.29) is 10.7 Å². The standard InChI is InChI=1S/C14H12ClF2NO/c15-10-6-8(16)7-11(17)14(10)18-5-4-9-12(18)2-1-3-13(9)19/h4-7,13,19H,1-3H2. The Kier molecular flexibility index (Phi) is 3.07. The van der Waals surface area contributed by atoms with Crippen molar-refractivity contribution >= 4 is 11.6 Å². The molecule has 1 heterocycles.